The average Bonchev–Trinajstić information content (AvgIpc) is 2.45. The van der Waals surface area contributed by atoms with Crippen molar-refractivity contribution in [3.8, 4) is 11.1 Å². The SMILES string of the molecule is CCCCCCc1cc(C)ccc1-c1ccc(C)cc1. The summed E-state index contributed by atoms with van der Waals surface area (Å²) in [7, 11) is 0. The van der Waals surface area contributed by atoms with Crippen molar-refractivity contribution < 1.29 is 0 Å². The number of benzene rings is 2. The summed E-state index contributed by atoms with van der Waals surface area (Å²) in [6.45, 7) is 6.60. The molecule has 0 saturated heterocycles. The van der Waals surface area contributed by atoms with Crippen LogP contribution >= 0.6 is 0 Å². The van der Waals surface area contributed by atoms with Gasteiger partial charge in [0.15, 0.2) is 0 Å². The van der Waals surface area contributed by atoms with Crippen molar-refractivity contribution in [2.24, 2.45) is 0 Å². The van der Waals surface area contributed by atoms with E-state index in [9.17, 15) is 0 Å². The molecule has 2 aromatic carbocycles. The molecule has 0 aliphatic heterocycles. The van der Waals surface area contributed by atoms with Crippen LogP contribution in [0.1, 0.15) is 49.3 Å². The highest BCUT2D eigenvalue weighted by Crippen LogP contribution is 2.26. The lowest BCUT2D eigenvalue weighted by atomic mass is 9.94. The fraction of sp³-hybridized carbons (Fsp3) is 0.400. The normalized spacial score (nSPS) is 10.8. The largest absolute Gasteiger partial charge is 0.0654 e. The minimum Gasteiger partial charge on any atom is -0.0654 e. The van der Waals surface area contributed by atoms with Crippen LogP contribution in [0, 0.1) is 13.8 Å². The monoisotopic (exact) mass is 266 g/mol. The highest BCUT2D eigenvalue weighted by molar-refractivity contribution is 5.68. The van der Waals surface area contributed by atoms with Gasteiger partial charge in [-0.05, 0) is 43.4 Å². The predicted molar refractivity (Wildman–Crippen MR) is 89.2 cm³/mol. The Hall–Kier alpha value is -1.56. The van der Waals surface area contributed by atoms with Crippen LogP contribution in [0.4, 0.5) is 0 Å². The molecule has 0 spiro atoms. The van der Waals surface area contributed by atoms with E-state index >= 15 is 0 Å². The Balaban J connectivity index is 2.21. The van der Waals surface area contributed by atoms with Gasteiger partial charge in [0.1, 0.15) is 0 Å². The van der Waals surface area contributed by atoms with Gasteiger partial charge < -0.3 is 0 Å². The molecule has 0 heterocycles. The summed E-state index contributed by atoms with van der Waals surface area (Å²) in [6.07, 6.45) is 6.50. The minimum absolute atomic E-state index is 1.20. The third-order valence-corrected chi connectivity index (χ3v) is 3.92. The first-order valence-corrected chi connectivity index (χ1v) is 7.87. The fourth-order valence-corrected chi connectivity index (χ4v) is 2.69. The Labute approximate surface area is 123 Å². The van der Waals surface area contributed by atoms with Gasteiger partial charge in [0, 0.05) is 0 Å². The molecule has 0 unspecified atom stereocenters. The Morgan fingerprint density at radius 3 is 2.15 bits per heavy atom. The summed E-state index contributed by atoms with van der Waals surface area (Å²) in [5, 5.41) is 0. The zero-order chi connectivity index (χ0) is 14.4. The van der Waals surface area contributed by atoms with E-state index in [-0.39, 0.29) is 0 Å². The molecule has 0 aliphatic carbocycles. The van der Waals surface area contributed by atoms with E-state index in [1.807, 2.05) is 0 Å². The van der Waals surface area contributed by atoms with Crippen LogP contribution in [-0.2, 0) is 6.42 Å². The summed E-state index contributed by atoms with van der Waals surface area (Å²) in [6, 6.07) is 15.8. The van der Waals surface area contributed by atoms with Gasteiger partial charge in [-0.15, -0.1) is 0 Å². The molecule has 0 amide bonds. The van der Waals surface area contributed by atoms with E-state index in [2.05, 4.69) is 63.2 Å². The van der Waals surface area contributed by atoms with Crippen molar-refractivity contribution >= 4 is 0 Å². The van der Waals surface area contributed by atoms with Gasteiger partial charge in [-0.3, -0.25) is 0 Å². The number of aryl methyl sites for hydroxylation is 3. The van der Waals surface area contributed by atoms with Crippen LogP contribution in [0.15, 0.2) is 42.5 Å². The van der Waals surface area contributed by atoms with Gasteiger partial charge >= 0.3 is 0 Å². The Kier molecular flexibility index (Phi) is 5.40. The lowest BCUT2D eigenvalue weighted by Gasteiger charge is -2.11. The van der Waals surface area contributed by atoms with Gasteiger partial charge in [-0.25, -0.2) is 0 Å². The van der Waals surface area contributed by atoms with Gasteiger partial charge in [0.2, 0.25) is 0 Å². The molecule has 106 valence electrons. The van der Waals surface area contributed by atoms with Gasteiger partial charge in [0.05, 0.1) is 0 Å². The topological polar surface area (TPSA) is 0 Å². The van der Waals surface area contributed by atoms with Crippen molar-refractivity contribution in [1.82, 2.24) is 0 Å². The van der Waals surface area contributed by atoms with Gasteiger partial charge in [-0.1, -0.05) is 79.8 Å². The van der Waals surface area contributed by atoms with Crippen molar-refractivity contribution in [3.63, 3.8) is 0 Å². The lowest BCUT2D eigenvalue weighted by Crippen LogP contribution is -1.92. The van der Waals surface area contributed by atoms with E-state index in [4.69, 9.17) is 0 Å². The Morgan fingerprint density at radius 1 is 0.750 bits per heavy atom. The number of hydrogen-bond donors (Lipinski definition) is 0. The van der Waals surface area contributed by atoms with E-state index in [1.54, 1.807) is 0 Å². The second-order valence-corrected chi connectivity index (χ2v) is 5.84. The molecule has 0 atom stereocenters. The standard InChI is InChI=1S/C20H26/c1-4-5-6-7-8-19-15-17(3)11-14-20(19)18-12-9-16(2)10-13-18/h9-15H,4-8H2,1-3H3. The maximum Gasteiger partial charge on any atom is -0.0152 e. The summed E-state index contributed by atoms with van der Waals surface area (Å²) >= 11 is 0. The highest BCUT2D eigenvalue weighted by atomic mass is 14.1. The molecule has 0 radical (unpaired) electrons. The summed E-state index contributed by atoms with van der Waals surface area (Å²) in [4.78, 5) is 0. The number of hydrogen-bond acceptors (Lipinski definition) is 0. The molecule has 0 nitrogen and oxygen atoms in total. The van der Waals surface area contributed by atoms with Crippen LogP contribution in [0.25, 0.3) is 11.1 Å². The molecule has 0 N–H and O–H groups in total. The van der Waals surface area contributed by atoms with Crippen LogP contribution in [-0.4, -0.2) is 0 Å². The quantitative estimate of drug-likeness (QED) is 0.555. The van der Waals surface area contributed by atoms with E-state index in [1.165, 1.54) is 59.9 Å². The summed E-state index contributed by atoms with van der Waals surface area (Å²) in [5.74, 6) is 0. The summed E-state index contributed by atoms with van der Waals surface area (Å²) < 4.78 is 0. The average molecular weight is 266 g/mol. The zero-order valence-corrected chi connectivity index (χ0v) is 13.1. The number of rotatable bonds is 6. The predicted octanol–water partition coefficient (Wildman–Crippen LogP) is 6.09. The Morgan fingerprint density at radius 2 is 1.45 bits per heavy atom. The molecule has 0 fully saturated rings. The van der Waals surface area contributed by atoms with Gasteiger partial charge in [-0.2, -0.15) is 0 Å². The van der Waals surface area contributed by atoms with Gasteiger partial charge in [0.25, 0.3) is 0 Å². The van der Waals surface area contributed by atoms with E-state index in [0.717, 1.165) is 0 Å². The van der Waals surface area contributed by atoms with Crippen molar-refractivity contribution in [2.75, 3.05) is 0 Å². The van der Waals surface area contributed by atoms with Crippen LogP contribution in [0.3, 0.4) is 0 Å². The molecule has 20 heavy (non-hydrogen) atoms. The first-order chi connectivity index (χ1) is 9.70. The second kappa shape index (κ2) is 7.28. The second-order valence-electron chi connectivity index (χ2n) is 5.84. The van der Waals surface area contributed by atoms with E-state index in [0.29, 0.717) is 0 Å². The molecule has 0 aliphatic rings. The Bertz CT molecular complexity index is 534. The van der Waals surface area contributed by atoms with Crippen LogP contribution in [0.5, 0.6) is 0 Å². The first kappa shape index (κ1) is 14.8. The summed E-state index contributed by atoms with van der Waals surface area (Å²) in [5.41, 5.74) is 6.95. The molecular formula is C20H26. The zero-order valence-electron chi connectivity index (χ0n) is 13.1. The molecule has 2 rings (SSSR count). The lowest BCUT2D eigenvalue weighted by molar-refractivity contribution is 0.667. The highest BCUT2D eigenvalue weighted by Gasteiger charge is 2.05. The van der Waals surface area contributed by atoms with Crippen molar-refractivity contribution in [1.29, 1.82) is 0 Å². The first-order valence-electron chi connectivity index (χ1n) is 7.87. The smallest absolute Gasteiger partial charge is 0.0152 e. The third-order valence-electron chi connectivity index (χ3n) is 3.92. The fourth-order valence-electron chi connectivity index (χ4n) is 2.69. The number of unbranched alkanes of at least 4 members (excludes halogenated alkanes) is 3. The molecule has 2 aromatic rings. The van der Waals surface area contributed by atoms with Crippen molar-refractivity contribution in [3.05, 3.63) is 59.2 Å². The maximum atomic E-state index is 2.36. The van der Waals surface area contributed by atoms with E-state index < -0.39 is 0 Å². The minimum atomic E-state index is 1.20. The molecule has 0 saturated carbocycles. The third kappa shape index (κ3) is 3.96. The van der Waals surface area contributed by atoms with Crippen molar-refractivity contribution in [2.45, 2.75) is 52.9 Å². The van der Waals surface area contributed by atoms with Crippen LogP contribution in [0.2, 0.25) is 0 Å². The maximum absolute atomic E-state index is 2.36. The molecule has 0 heteroatoms. The molecular weight excluding hydrogens is 240 g/mol. The molecule has 0 bridgehead atoms. The van der Waals surface area contributed by atoms with Crippen LogP contribution < -0.4 is 0 Å². The molecule has 0 aromatic heterocycles.